The standard InChI is InChI=1S/C21H19BrFNO2/c1-25-20-8-6-19(7-9-20)24-13-16-12-17(22)5-10-21(16)26-14-15-3-2-4-18(23)11-15/h2-12,24H,13-14H2,1H3. The number of hydrogen-bond donors (Lipinski definition) is 1. The maximum Gasteiger partial charge on any atom is 0.124 e. The van der Waals surface area contributed by atoms with Crippen molar-refractivity contribution in [1.29, 1.82) is 0 Å². The van der Waals surface area contributed by atoms with E-state index in [-0.39, 0.29) is 5.82 Å². The van der Waals surface area contributed by atoms with E-state index in [4.69, 9.17) is 9.47 Å². The first-order valence-corrected chi connectivity index (χ1v) is 8.97. The van der Waals surface area contributed by atoms with Crippen LogP contribution in [0.4, 0.5) is 10.1 Å². The molecule has 3 aromatic rings. The van der Waals surface area contributed by atoms with Crippen molar-refractivity contribution in [3.8, 4) is 11.5 Å². The molecule has 0 atom stereocenters. The highest BCUT2D eigenvalue weighted by atomic mass is 79.9. The zero-order valence-electron chi connectivity index (χ0n) is 14.3. The maximum absolute atomic E-state index is 13.3. The molecule has 0 aliphatic rings. The van der Waals surface area contributed by atoms with Gasteiger partial charge >= 0.3 is 0 Å². The minimum absolute atomic E-state index is 0.261. The number of hydrogen-bond acceptors (Lipinski definition) is 3. The van der Waals surface area contributed by atoms with Crippen LogP contribution < -0.4 is 14.8 Å². The predicted octanol–water partition coefficient (Wildman–Crippen LogP) is 5.79. The van der Waals surface area contributed by atoms with Crippen LogP contribution in [-0.4, -0.2) is 7.11 Å². The number of benzene rings is 3. The lowest BCUT2D eigenvalue weighted by Gasteiger charge is -2.14. The zero-order valence-corrected chi connectivity index (χ0v) is 15.9. The van der Waals surface area contributed by atoms with Crippen LogP contribution in [0.5, 0.6) is 11.5 Å². The Labute approximate surface area is 160 Å². The van der Waals surface area contributed by atoms with Crippen molar-refractivity contribution < 1.29 is 13.9 Å². The molecule has 0 amide bonds. The van der Waals surface area contributed by atoms with Crippen molar-refractivity contribution in [3.05, 3.63) is 88.1 Å². The first-order chi connectivity index (χ1) is 12.6. The van der Waals surface area contributed by atoms with Crippen LogP contribution in [0.3, 0.4) is 0 Å². The minimum Gasteiger partial charge on any atom is -0.497 e. The quantitative estimate of drug-likeness (QED) is 0.529. The summed E-state index contributed by atoms with van der Waals surface area (Å²) in [7, 11) is 1.64. The molecule has 5 heteroatoms. The highest BCUT2D eigenvalue weighted by Crippen LogP contribution is 2.26. The molecule has 0 saturated carbocycles. The molecule has 26 heavy (non-hydrogen) atoms. The molecule has 0 fully saturated rings. The van der Waals surface area contributed by atoms with Gasteiger partial charge < -0.3 is 14.8 Å². The number of ether oxygens (including phenoxy) is 2. The summed E-state index contributed by atoms with van der Waals surface area (Å²) in [6, 6.07) is 20.0. The normalized spacial score (nSPS) is 10.4. The lowest BCUT2D eigenvalue weighted by Crippen LogP contribution is -2.04. The van der Waals surface area contributed by atoms with E-state index in [9.17, 15) is 4.39 Å². The fourth-order valence-corrected chi connectivity index (χ4v) is 2.93. The second-order valence-electron chi connectivity index (χ2n) is 5.75. The van der Waals surface area contributed by atoms with Gasteiger partial charge in [0.1, 0.15) is 23.9 Å². The van der Waals surface area contributed by atoms with Crippen LogP contribution in [-0.2, 0) is 13.2 Å². The molecule has 3 rings (SSSR count). The van der Waals surface area contributed by atoms with Gasteiger partial charge in [-0.05, 0) is 60.2 Å². The van der Waals surface area contributed by atoms with Gasteiger partial charge in [-0.15, -0.1) is 0 Å². The fourth-order valence-electron chi connectivity index (χ4n) is 2.52. The number of anilines is 1. The first kappa shape index (κ1) is 18.3. The smallest absolute Gasteiger partial charge is 0.124 e. The van der Waals surface area contributed by atoms with Crippen molar-refractivity contribution >= 4 is 21.6 Å². The summed E-state index contributed by atoms with van der Waals surface area (Å²) in [5.41, 5.74) is 2.79. The van der Waals surface area contributed by atoms with Crippen LogP contribution in [0.1, 0.15) is 11.1 Å². The molecule has 1 N–H and O–H groups in total. The van der Waals surface area contributed by atoms with Crippen LogP contribution in [0.25, 0.3) is 0 Å². The Morgan fingerprint density at radius 2 is 1.81 bits per heavy atom. The number of rotatable bonds is 7. The summed E-state index contributed by atoms with van der Waals surface area (Å²) >= 11 is 3.50. The molecule has 0 aliphatic carbocycles. The minimum atomic E-state index is -0.261. The Balaban J connectivity index is 1.68. The van der Waals surface area contributed by atoms with E-state index >= 15 is 0 Å². The van der Waals surface area contributed by atoms with Gasteiger partial charge in [0.2, 0.25) is 0 Å². The molecule has 3 aromatic carbocycles. The Hall–Kier alpha value is -2.53. The number of methoxy groups -OCH3 is 1. The maximum atomic E-state index is 13.3. The van der Waals surface area contributed by atoms with E-state index in [0.29, 0.717) is 13.2 Å². The zero-order chi connectivity index (χ0) is 18.4. The van der Waals surface area contributed by atoms with Gasteiger partial charge in [0.05, 0.1) is 7.11 Å². The molecular formula is C21H19BrFNO2. The second kappa shape index (κ2) is 8.72. The Kier molecular flexibility index (Phi) is 6.12. The third kappa shape index (κ3) is 4.99. The third-order valence-electron chi connectivity index (χ3n) is 3.88. The van der Waals surface area contributed by atoms with E-state index in [1.807, 2.05) is 48.5 Å². The molecule has 0 bridgehead atoms. The molecule has 0 saturated heterocycles. The molecule has 0 spiro atoms. The highest BCUT2D eigenvalue weighted by molar-refractivity contribution is 9.10. The van der Waals surface area contributed by atoms with Crippen molar-refractivity contribution in [3.63, 3.8) is 0 Å². The van der Waals surface area contributed by atoms with Crippen LogP contribution >= 0.6 is 15.9 Å². The number of nitrogens with one attached hydrogen (secondary N) is 1. The number of halogens is 2. The van der Waals surface area contributed by atoms with Gasteiger partial charge in [0, 0.05) is 22.3 Å². The van der Waals surface area contributed by atoms with Crippen molar-refractivity contribution in [2.75, 3.05) is 12.4 Å². The monoisotopic (exact) mass is 415 g/mol. The highest BCUT2D eigenvalue weighted by Gasteiger charge is 2.06. The lowest BCUT2D eigenvalue weighted by atomic mass is 10.2. The van der Waals surface area contributed by atoms with E-state index in [1.165, 1.54) is 12.1 Å². The van der Waals surface area contributed by atoms with Crippen molar-refractivity contribution in [1.82, 2.24) is 0 Å². The topological polar surface area (TPSA) is 30.5 Å². The molecule has 134 valence electrons. The first-order valence-electron chi connectivity index (χ1n) is 8.17. The molecule has 0 heterocycles. The Morgan fingerprint density at radius 3 is 2.54 bits per heavy atom. The van der Waals surface area contributed by atoms with Gasteiger partial charge in [-0.25, -0.2) is 4.39 Å². The summed E-state index contributed by atoms with van der Waals surface area (Å²) in [5, 5.41) is 3.37. The predicted molar refractivity (Wildman–Crippen MR) is 105 cm³/mol. The van der Waals surface area contributed by atoms with Crippen LogP contribution in [0.15, 0.2) is 71.2 Å². The molecule has 0 aromatic heterocycles. The molecule has 0 unspecified atom stereocenters. The van der Waals surface area contributed by atoms with Crippen LogP contribution in [0.2, 0.25) is 0 Å². The molecule has 0 radical (unpaired) electrons. The Morgan fingerprint density at radius 1 is 1.00 bits per heavy atom. The molecule has 3 nitrogen and oxygen atoms in total. The van der Waals surface area contributed by atoms with Crippen molar-refractivity contribution in [2.45, 2.75) is 13.2 Å². The largest absolute Gasteiger partial charge is 0.497 e. The summed E-state index contributed by atoms with van der Waals surface area (Å²) in [5.74, 6) is 1.32. The molecule has 0 aliphatic heterocycles. The van der Waals surface area contributed by atoms with E-state index < -0.39 is 0 Å². The second-order valence-corrected chi connectivity index (χ2v) is 6.67. The Bertz CT molecular complexity index is 868. The van der Waals surface area contributed by atoms with Gasteiger partial charge in [-0.3, -0.25) is 0 Å². The average Bonchev–Trinajstić information content (AvgIpc) is 2.66. The van der Waals surface area contributed by atoms with Crippen molar-refractivity contribution in [2.24, 2.45) is 0 Å². The average molecular weight is 416 g/mol. The summed E-state index contributed by atoms with van der Waals surface area (Å²) in [6.45, 7) is 0.916. The summed E-state index contributed by atoms with van der Waals surface area (Å²) in [6.07, 6.45) is 0. The fraction of sp³-hybridized carbons (Fsp3) is 0.143. The lowest BCUT2D eigenvalue weighted by molar-refractivity contribution is 0.302. The molecular weight excluding hydrogens is 397 g/mol. The van der Waals surface area contributed by atoms with Crippen LogP contribution in [0, 0.1) is 5.82 Å². The van der Waals surface area contributed by atoms with Gasteiger partial charge in [-0.2, -0.15) is 0 Å². The summed E-state index contributed by atoms with van der Waals surface area (Å²) < 4.78 is 25.4. The third-order valence-corrected chi connectivity index (χ3v) is 4.37. The van der Waals surface area contributed by atoms with Gasteiger partial charge in [0.25, 0.3) is 0 Å². The van der Waals surface area contributed by atoms with E-state index in [0.717, 1.165) is 32.8 Å². The van der Waals surface area contributed by atoms with E-state index in [2.05, 4.69) is 21.2 Å². The SMILES string of the molecule is COc1ccc(NCc2cc(Br)ccc2OCc2cccc(F)c2)cc1. The van der Waals surface area contributed by atoms with Gasteiger partial charge in [0.15, 0.2) is 0 Å². The summed E-state index contributed by atoms with van der Waals surface area (Å²) in [4.78, 5) is 0. The van der Waals surface area contributed by atoms with Gasteiger partial charge in [-0.1, -0.05) is 28.1 Å². The van der Waals surface area contributed by atoms with E-state index in [1.54, 1.807) is 13.2 Å².